The summed E-state index contributed by atoms with van der Waals surface area (Å²) >= 11 is 0. The number of rotatable bonds is 5. The topological polar surface area (TPSA) is 47.0 Å². The summed E-state index contributed by atoms with van der Waals surface area (Å²) in [5.41, 5.74) is 3.07. The number of hydrogen-bond acceptors (Lipinski definition) is 4. The van der Waals surface area contributed by atoms with Gasteiger partial charge >= 0.3 is 0 Å². The molecule has 21 heavy (non-hydrogen) atoms. The summed E-state index contributed by atoms with van der Waals surface area (Å²) in [6.07, 6.45) is 1.75. The van der Waals surface area contributed by atoms with Gasteiger partial charge in [0.2, 0.25) is 0 Å². The highest BCUT2D eigenvalue weighted by Gasteiger charge is 2.01. The molecule has 2 aromatic carbocycles. The van der Waals surface area contributed by atoms with Crippen LogP contribution in [-0.4, -0.2) is 23.3 Å². The Morgan fingerprint density at radius 1 is 1.10 bits per heavy atom. The highest BCUT2D eigenvalue weighted by Crippen LogP contribution is 2.19. The van der Waals surface area contributed by atoms with E-state index in [1.165, 1.54) is 5.56 Å². The number of nitrogens with one attached hydrogen (secondary N) is 1. The van der Waals surface area contributed by atoms with Gasteiger partial charge in [0.15, 0.2) is 0 Å². The molecule has 1 N–H and O–H groups in total. The summed E-state index contributed by atoms with van der Waals surface area (Å²) in [6.45, 7) is 3.36. The standard InChI is InChI=1S/C17H17N3O/c1-13-5-4-6-14(11-13)21-10-9-18-17-12-19-20-16-8-3-2-7-15(16)17/h2-8,11-12H,9-10H2,1H3,(H,18,20). The van der Waals surface area contributed by atoms with E-state index in [4.69, 9.17) is 4.74 Å². The first-order valence-corrected chi connectivity index (χ1v) is 6.97. The van der Waals surface area contributed by atoms with Gasteiger partial charge in [-0.2, -0.15) is 10.2 Å². The van der Waals surface area contributed by atoms with Gasteiger partial charge in [-0.05, 0) is 30.7 Å². The number of fused-ring (bicyclic) bond motifs is 1. The minimum atomic E-state index is 0.597. The Bertz CT molecular complexity index is 737. The molecule has 0 unspecified atom stereocenters. The van der Waals surface area contributed by atoms with E-state index in [1.54, 1.807) is 6.20 Å². The number of aromatic nitrogens is 2. The average Bonchev–Trinajstić information content (AvgIpc) is 2.52. The van der Waals surface area contributed by atoms with E-state index < -0.39 is 0 Å². The fraction of sp³-hybridized carbons (Fsp3) is 0.176. The second-order valence-electron chi connectivity index (χ2n) is 4.87. The maximum absolute atomic E-state index is 5.72. The van der Waals surface area contributed by atoms with Crippen LogP contribution in [0.3, 0.4) is 0 Å². The van der Waals surface area contributed by atoms with E-state index in [-0.39, 0.29) is 0 Å². The molecule has 0 atom stereocenters. The lowest BCUT2D eigenvalue weighted by Crippen LogP contribution is -2.12. The van der Waals surface area contributed by atoms with Gasteiger partial charge < -0.3 is 10.1 Å². The molecule has 0 saturated carbocycles. The summed E-state index contributed by atoms with van der Waals surface area (Å²) in [4.78, 5) is 0. The van der Waals surface area contributed by atoms with Crippen LogP contribution in [0.1, 0.15) is 5.56 Å². The minimum absolute atomic E-state index is 0.597. The number of ether oxygens (including phenoxy) is 1. The molecule has 0 saturated heterocycles. The van der Waals surface area contributed by atoms with E-state index in [1.807, 2.05) is 42.5 Å². The first kappa shape index (κ1) is 13.4. The van der Waals surface area contributed by atoms with Crippen LogP contribution in [0.25, 0.3) is 10.9 Å². The van der Waals surface area contributed by atoms with Crippen molar-refractivity contribution in [2.75, 3.05) is 18.5 Å². The van der Waals surface area contributed by atoms with Gasteiger partial charge in [-0.3, -0.25) is 0 Å². The van der Waals surface area contributed by atoms with Gasteiger partial charge in [-0.1, -0.05) is 30.3 Å². The monoisotopic (exact) mass is 279 g/mol. The number of anilines is 1. The van der Waals surface area contributed by atoms with Gasteiger partial charge in [0.25, 0.3) is 0 Å². The number of hydrogen-bond donors (Lipinski definition) is 1. The van der Waals surface area contributed by atoms with E-state index in [2.05, 4.69) is 28.5 Å². The Morgan fingerprint density at radius 3 is 2.90 bits per heavy atom. The van der Waals surface area contributed by atoms with Crippen molar-refractivity contribution in [3.05, 3.63) is 60.3 Å². The third-order valence-electron chi connectivity index (χ3n) is 3.22. The fourth-order valence-electron chi connectivity index (χ4n) is 2.21. The molecule has 0 radical (unpaired) electrons. The van der Waals surface area contributed by atoms with Crippen molar-refractivity contribution >= 4 is 16.6 Å². The van der Waals surface area contributed by atoms with Crippen LogP contribution in [0.2, 0.25) is 0 Å². The highest BCUT2D eigenvalue weighted by molar-refractivity contribution is 5.90. The Labute approximate surface area is 123 Å². The maximum Gasteiger partial charge on any atom is 0.119 e. The van der Waals surface area contributed by atoms with Crippen molar-refractivity contribution in [1.82, 2.24) is 10.2 Å². The average molecular weight is 279 g/mol. The third-order valence-corrected chi connectivity index (χ3v) is 3.22. The Hall–Kier alpha value is -2.62. The molecule has 106 valence electrons. The maximum atomic E-state index is 5.72. The number of nitrogens with zero attached hydrogens (tertiary/aromatic N) is 2. The molecule has 0 spiro atoms. The van der Waals surface area contributed by atoms with Gasteiger partial charge in [-0.25, -0.2) is 0 Å². The summed E-state index contributed by atoms with van der Waals surface area (Å²) in [5.74, 6) is 0.898. The summed E-state index contributed by atoms with van der Waals surface area (Å²) < 4.78 is 5.72. The second-order valence-corrected chi connectivity index (χ2v) is 4.87. The molecular formula is C17H17N3O. The molecule has 0 aliphatic rings. The smallest absolute Gasteiger partial charge is 0.119 e. The van der Waals surface area contributed by atoms with Crippen molar-refractivity contribution in [2.45, 2.75) is 6.92 Å². The lowest BCUT2D eigenvalue weighted by molar-refractivity contribution is 0.332. The largest absolute Gasteiger partial charge is 0.492 e. The van der Waals surface area contributed by atoms with Gasteiger partial charge in [0, 0.05) is 11.9 Å². The van der Waals surface area contributed by atoms with Crippen molar-refractivity contribution in [3.63, 3.8) is 0 Å². The molecule has 0 aliphatic heterocycles. The second kappa shape index (κ2) is 6.22. The van der Waals surface area contributed by atoms with E-state index >= 15 is 0 Å². The predicted octanol–water partition coefficient (Wildman–Crippen LogP) is 3.43. The molecule has 3 aromatic rings. The highest BCUT2D eigenvalue weighted by atomic mass is 16.5. The molecular weight excluding hydrogens is 262 g/mol. The normalized spacial score (nSPS) is 10.5. The quantitative estimate of drug-likeness (QED) is 0.727. The number of aryl methyl sites for hydroxylation is 1. The SMILES string of the molecule is Cc1cccc(OCCNc2cnnc3ccccc23)c1. The Kier molecular flexibility index (Phi) is 3.96. The zero-order chi connectivity index (χ0) is 14.5. The fourth-order valence-corrected chi connectivity index (χ4v) is 2.21. The van der Waals surface area contributed by atoms with Crippen LogP contribution in [0.15, 0.2) is 54.7 Å². The van der Waals surface area contributed by atoms with Crippen molar-refractivity contribution in [3.8, 4) is 5.75 Å². The van der Waals surface area contributed by atoms with E-state index in [0.717, 1.165) is 22.3 Å². The molecule has 0 amide bonds. The zero-order valence-corrected chi connectivity index (χ0v) is 11.9. The van der Waals surface area contributed by atoms with E-state index in [0.29, 0.717) is 13.2 Å². The lowest BCUT2D eigenvalue weighted by atomic mass is 10.2. The lowest BCUT2D eigenvalue weighted by Gasteiger charge is -2.10. The first-order chi connectivity index (χ1) is 10.3. The minimum Gasteiger partial charge on any atom is -0.492 e. The molecule has 1 heterocycles. The molecule has 0 aliphatic carbocycles. The molecule has 3 rings (SSSR count). The van der Waals surface area contributed by atoms with Crippen molar-refractivity contribution in [1.29, 1.82) is 0 Å². The van der Waals surface area contributed by atoms with Crippen LogP contribution in [0.4, 0.5) is 5.69 Å². The first-order valence-electron chi connectivity index (χ1n) is 6.97. The molecule has 0 bridgehead atoms. The Morgan fingerprint density at radius 2 is 2.00 bits per heavy atom. The van der Waals surface area contributed by atoms with Crippen LogP contribution in [-0.2, 0) is 0 Å². The van der Waals surface area contributed by atoms with Crippen LogP contribution in [0, 0.1) is 6.92 Å². The van der Waals surface area contributed by atoms with Gasteiger partial charge in [0.1, 0.15) is 12.4 Å². The third kappa shape index (κ3) is 3.28. The molecule has 4 nitrogen and oxygen atoms in total. The van der Waals surface area contributed by atoms with Crippen LogP contribution >= 0.6 is 0 Å². The molecule has 1 aromatic heterocycles. The predicted molar refractivity (Wildman–Crippen MR) is 84.7 cm³/mol. The summed E-state index contributed by atoms with van der Waals surface area (Å²) in [5, 5.41) is 12.5. The van der Waals surface area contributed by atoms with Gasteiger partial charge in [-0.15, -0.1) is 0 Å². The van der Waals surface area contributed by atoms with Crippen LogP contribution < -0.4 is 10.1 Å². The zero-order valence-electron chi connectivity index (χ0n) is 11.9. The molecule has 4 heteroatoms. The molecule has 0 fully saturated rings. The van der Waals surface area contributed by atoms with Gasteiger partial charge in [0.05, 0.1) is 17.4 Å². The van der Waals surface area contributed by atoms with Crippen molar-refractivity contribution in [2.24, 2.45) is 0 Å². The summed E-state index contributed by atoms with van der Waals surface area (Å²) in [7, 11) is 0. The van der Waals surface area contributed by atoms with Crippen LogP contribution in [0.5, 0.6) is 5.75 Å². The summed E-state index contributed by atoms with van der Waals surface area (Å²) in [6, 6.07) is 16.0. The Balaban J connectivity index is 1.60. The number of benzene rings is 2. The van der Waals surface area contributed by atoms with Crippen molar-refractivity contribution < 1.29 is 4.74 Å². The van der Waals surface area contributed by atoms with E-state index in [9.17, 15) is 0 Å².